The number of fused-ring (bicyclic) bond motifs is 1. The van der Waals surface area contributed by atoms with E-state index in [-0.39, 0.29) is 12.3 Å². The van der Waals surface area contributed by atoms with Crippen molar-refractivity contribution in [3.05, 3.63) is 71.2 Å². The van der Waals surface area contributed by atoms with E-state index in [9.17, 15) is 18.0 Å². The lowest BCUT2D eigenvalue weighted by atomic mass is 10.2. The standard InChI is InChI=1S/C21H19F3N6O2/c1-13-19(30-10-8-15(21(22,23)24)11-18(30)28-13)17(25-2)7-9-26-12-27-16-5-3-14(4-6-16)20(31)29-32/h3-11,27,32H,2,12H2,1H3,(H,29,31)/b17-7-,26-9-. The summed E-state index contributed by atoms with van der Waals surface area (Å²) in [5.41, 5.74) is 3.35. The highest BCUT2D eigenvalue weighted by Gasteiger charge is 2.31. The van der Waals surface area contributed by atoms with Gasteiger partial charge >= 0.3 is 6.18 Å². The predicted octanol–water partition coefficient (Wildman–Crippen LogP) is 3.96. The van der Waals surface area contributed by atoms with Gasteiger partial charge in [0.15, 0.2) is 0 Å². The van der Waals surface area contributed by atoms with Crippen LogP contribution in [0.1, 0.15) is 27.3 Å². The van der Waals surface area contributed by atoms with E-state index in [0.717, 1.165) is 12.1 Å². The van der Waals surface area contributed by atoms with E-state index >= 15 is 0 Å². The van der Waals surface area contributed by atoms with Gasteiger partial charge in [-0.3, -0.25) is 24.4 Å². The molecule has 1 amide bonds. The van der Waals surface area contributed by atoms with Gasteiger partial charge in [0.25, 0.3) is 5.91 Å². The van der Waals surface area contributed by atoms with Gasteiger partial charge < -0.3 is 5.32 Å². The molecule has 0 aliphatic rings. The summed E-state index contributed by atoms with van der Waals surface area (Å²) in [6.07, 6.45) is -0.0841. The number of amides is 1. The molecule has 11 heteroatoms. The van der Waals surface area contributed by atoms with E-state index in [4.69, 9.17) is 5.21 Å². The molecule has 1 aromatic carbocycles. The van der Waals surface area contributed by atoms with Gasteiger partial charge in [0.05, 0.1) is 22.6 Å². The van der Waals surface area contributed by atoms with Crippen LogP contribution in [-0.4, -0.2) is 40.1 Å². The number of allylic oxidation sites excluding steroid dienone is 1. The second-order valence-corrected chi connectivity index (χ2v) is 6.58. The quantitative estimate of drug-likeness (QED) is 0.292. The molecule has 3 aromatic rings. The third-order valence-electron chi connectivity index (χ3n) is 4.50. The zero-order chi connectivity index (χ0) is 23.3. The number of hydroxylamine groups is 1. The fourth-order valence-electron chi connectivity index (χ4n) is 2.97. The average molecular weight is 444 g/mol. The summed E-state index contributed by atoms with van der Waals surface area (Å²) in [4.78, 5) is 23.7. The molecule has 32 heavy (non-hydrogen) atoms. The van der Waals surface area contributed by atoms with Crippen LogP contribution in [0.2, 0.25) is 0 Å². The summed E-state index contributed by atoms with van der Waals surface area (Å²) in [5, 5.41) is 11.6. The van der Waals surface area contributed by atoms with E-state index in [0.29, 0.717) is 28.3 Å². The van der Waals surface area contributed by atoms with Crippen molar-refractivity contribution in [1.82, 2.24) is 14.9 Å². The number of hydrogen-bond acceptors (Lipinski definition) is 6. The van der Waals surface area contributed by atoms with Crippen LogP contribution in [0.5, 0.6) is 0 Å². The Labute approximate surface area is 180 Å². The lowest BCUT2D eigenvalue weighted by molar-refractivity contribution is -0.137. The molecule has 3 rings (SSSR count). The second-order valence-electron chi connectivity index (χ2n) is 6.58. The number of imidazole rings is 1. The summed E-state index contributed by atoms with van der Waals surface area (Å²) in [6, 6.07) is 8.34. The van der Waals surface area contributed by atoms with Gasteiger partial charge in [-0.05, 0) is 56.1 Å². The summed E-state index contributed by atoms with van der Waals surface area (Å²) < 4.78 is 40.4. The maximum Gasteiger partial charge on any atom is 0.416 e. The number of alkyl halides is 3. The first-order valence-electron chi connectivity index (χ1n) is 9.26. The number of nitrogens with zero attached hydrogens (tertiary/aromatic N) is 4. The number of aryl methyl sites for hydroxylation is 1. The van der Waals surface area contributed by atoms with Crippen LogP contribution in [0.3, 0.4) is 0 Å². The van der Waals surface area contributed by atoms with Crippen LogP contribution in [0.4, 0.5) is 18.9 Å². The normalized spacial score (nSPS) is 12.3. The number of rotatable bonds is 7. The predicted molar refractivity (Wildman–Crippen MR) is 115 cm³/mol. The summed E-state index contributed by atoms with van der Waals surface area (Å²) in [7, 11) is 0. The molecule has 166 valence electrons. The van der Waals surface area contributed by atoms with Crippen LogP contribution in [-0.2, 0) is 6.18 Å². The number of aromatic nitrogens is 2. The fourth-order valence-corrected chi connectivity index (χ4v) is 2.97. The zero-order valence-electron chi connectivity index (χ0n) is 16.9. The van der Waals surface area contributed by atoms with Gasteiger partial charge in [-0.1, -0.05) is 0 Å². The minimum atomic E-state index is -4.46. The van der Waals surface area contributed by atoms with Crippen LogP contribution in [0.25, 0.3) is 11.3 Å². The lowest BCUT2D eigenvalue weighted by Crippen LogP contribution is -2.18. The monoisotopic (exact) mass is 444 g/mol. The summed E-state index contributed by atoms with van der Waals surface area (Å²) >= 11 is 0. The topological polar surface area (TPSA) is 103 Å². The first-order valence-corrected chi connectivity index (χ1v) is 9.26. The molecule has 0 saturated heterocycles. The van der Waals surface area contributed by atoms with Gasteiger partial charge in [0.1, 0.15) is 12.3 Å². The molecular weight excluding hydrogens is 425 g/mol. The van der Waals surface area contributed by atoms with Crippen molar-refractivity contribution in [3.8, 4) is 0 Å². The van der Waals surface area contributed by atoms with Crippen LogP contribution in [0, 0.1) is 6.92 Å². The molecule has 0 saturated carbocycles. The Kier molecular flexibility index (Phi) is 6.69. The average Bonchev–Trinajstić information content (AvgIpc) is 3.10. The van der Waals surface area contributed by atoms with Crippen molar-refractivity contribution in [2.24, 2.45) is 9.98 Å². The third-order valence-corrected chi connectivity index (χ3v) is 4.50. The number of carbonyl (C=O) groups excluding carboxylic acids is 1. The highest BCUT2D eigenvalue weighted by atomic mass is 19.4. The molecule has 0 radical (unpaired) electrons. The van der Waals surface area contributed by atoms with E-state index in [1.54, 1.807) is 30.6 Å². The smallest absolute Gasteiger partial charge is 0.366 e. The molecule has 0 fully saturated rings. The SMILES string of the molecule is C=N/C(=C\C=N/CNc1ccc(C(=O)NO)cc1)c1c(C)nc2cc(C(F)(F)F)ccn12. The number of nitrogens with one attached hydrogen (secondary N) is 2. The van der Waals surface area contributed by atoms with Crippen molar-refractivity contribution < 1.29 is 23.2 Å². The minimum absolute atomic E-state index is 0.152. The molecule has 0 bridgehead atoms. The lowest BCUT2D eigenvalue weighted by Gasteiger charge is -2.07. The number of pyridine rings is 1. The summed E-state index contributed by atoms with van der Waals surface area (Å²) in [6.45, 7) is 5.42. The third kappa shape index (κ3) is 5.01. The van der Waals surface area contributed by atoms with Crippen molar-refractivity contribution in [2.75, 3.05) is 12.0 Å². The van der Waals surface area contributed by atoms with E-state index in [1.807, 2.05) is 0 Å². The van der Waals surface area contributed by atoms with Crippen LogP contribution >= 0.6 is 0 Å². The summed E-state index contributed by atoms with van der Waals surface area (Å²) in [5.74, 6) is -0.610. The molecule has 3 N–H and O–H groups in total. The second kappa shape index (κ2) is 9.43. The molecule has 8 nitrogen and oxygen atoms in total. The maximum atomic E-state index is 13.0. The first-order chi connectivity index (χ1) is 15.2. The Morgan fingerprint density at radius 2 is 2.00 bits per heavy atom. The Hall–Kier alpha value is -3.99. The highest BCUT2D eigenvalue weighted by molar-refractivity contribution is 5.93. The Bertz CT molecular complexity index is 1200. The first kappa shape index (κ1) is 22.7. The van der Waals surface area contributed by atoms with E-state index in [2.05, 4.69) is 27.0 Å². The van der Waals surface area contributed by atoms with Gasteiger partial charge in [-0.2, -0.15) is 13.2 Å². The molecule has 0 atom stereocenters. The number of aliphatic imine (C=N–C) groups is 2. The number of benzene rings is 1. The number of carbonyl (C=O) groups is 1. The Morgan fingerprint density at radius 1 is 1.28 bits per heavy atom. The van der Waals surface area contributed by atoms with Crippen molar-refractivity contribution in [3.63, 3.8) is 0 Å². The van der Waals surface area contributed by atoms with Gasteiger partial charge in [0, 0.05) is 23.7 Å². The number of hydrogen-bond donors (Lipinski definition) is 3. The Morgan fingerprint density at radius 3 is 2.62 bits per heavy atom. The molecule has 2 heterocycles. The molecule has 0 spiro atoms. The van der Waals surface area contributed by atoms with E-state index < -0.39 is 17.6 Å². The van der Waals surface area contributed by atoms with Gasteiger partial charge in [0.2, 0.25) is 0 Å². The van der Waals surface area contributed by atoms with Crippen molar-refractivity contribution >= 4 is 35.9 Å². The maximum absolute atomic E-state index is 13.0. The fraction of sp³-hybridized carbons (Fsp3) is 0.143. The molecule has 0 aliphatic heterocycles. The number of anilines is 1. The van der Waals surface area contributed by atoms with Crippen LogP contribution < -0.4 is 10.8 Å². The minimum Gasteiger partial charge on any atom is -0.366 e. The molecular formula is C21H19F3N6O2. The Balaban J connectivity index is 1.73. The highest BCUT2D eigenvalue weighted by Crippen LogP contribution is 2.31. The van der Waals surface area contributed by atoms with Crippen LogP contribution in [0.15, 0.2) is 58.7 Å². The van der Waals surface area contributed by atoms with Gasteiger partial charge in [-0.25, -0.2) is 10.5 Å². The van der Waals surface area contributed by atoms with Crippen molar-refractivity contribution in [1.29, 1.82) is 0 Å². The van der Waals surface area contributed by atoms with Gasteiger partial charge in [-0.15, -0.1) is 0 Å². The van der Waals surface area contributed by atoms with E-state index in [1.165, 1.54) is 28.9 Å². The largest absolute Gasteiger partial charge is 0.416 e. The number of halogens is 3. The molecule has 0 unspecified atom stereocenters. The zero-order valence-corrected chi connectivity index (χ0v) is 16.9. The molecule has 0 aliphatic carbocycles. The molecule has 2 aromatic heterocycles. The van der Waals surface area contributed by atoms with Crippen molar-refractivity contribution in [2.45, 2.75) is 13.1 Å².